The van der Waals surface area contributed by atoms with Crippen LogP contribution < -0.4 is 10.1 Å². The van der Waals surface area contributed by atoms with Crippen LogP contribution in [0.5, 0.6) is 5.75 Å². The van der Waals surface area contributed by atoms with Gasteiger partial charge in [-0.05, 0) is 6.07 Å². The number of ether oxygens (including phenoxy) is 2. The number of benzene rings is 1. The Labute approximate surface area is 104 Å². The second-order valence-corrected chi connectivity index (χ2v) is 3.79. The van der Waals surface area contributed by atoms with Crippen molar-refractivity contribution in [3.05, 3.63) is 41.5 Å². The molecule has 0 aliphatic carbocycles. The molecule has 0 atom stereocenters. The Morgan fingerprint density at radius 2 is 1.94 bits per heavy atom. The first kappa shape index (κ1) is 12.3. The van der Waals surface area contributed by atoms with E-state index in [1.165, 1.54) is 6.08 Å². The van der Waals surface area contributed by atoms with E-state index in [2.05, 4.69) is 5.32 Å². The molecular formula is C13H13NO4. The van der Waals surface area contributed by atoms with E-state index in [1.54, 1.807) is 7.11 Å². The topological polar surface area (TPSA) is 64.6 Å². The molecule has 1 aliphatic heterocycles. The van der Waals surface area contributed by atoms with Crippen LogP contribution in [0.2, 0.25) is 0 Å². The molecule has 0 unspecified atom stereocenters. The Morgan fingerprint density at radius 1 is 1.17 bits per heavy atom. The lowest BCUT2D eigenvalue weighted by Crippen LogP contribution is -2.23. The maximum atomic E-state index is 11.2. The fourth-order valence-corrected chi connectivity index (χ4v) is 1.65. The van der Waals surface area contributed by atoms with Gasteiger partial charge in [-0.15, -0.1) is 0 Å². The third-order valence-corrected chi connectivity index (χ3v) is 2.54. The second-order valence-electron chi connectivity index (χ2n) is 3.79. The number of nitrogens with one attached hydrogen (secondary N) is 1. The van der Waals surface area contributed by atoms with Crippen LogP contribution in [0, 0.1) is 0 Å². The van der Waals surface area contributed by atoms with Crippen LogP contribution in [-0.2, 0) is 20.9 Å². The van der Waals surface area contributed by atoms with Gasteiger partial charge >= 0.3 is 0 Å². The molecule has 1 aromatic rings. The SMILES string of the molecule is COc1ccccc1COCC1=CC(=O)NC1=O. The van der Waals surface area contributed by atoms with E-state index in [-0.39, 0.29) is 12.5 Å². The van der Waals surface area contributed by atoms with Crippen molar-refractivity contribution in [1.82, 2.24) is 5.32 Å². The average molecular weight is 247 g/mol. The van der Waals surface area contributed by atoms with Gasteiger partial charge in [0.2, 0.25) is 0 Å². The quantitative estimate of drug-likeness (QED) is 0.781. The van der Waals surface area contributed by atoms with Crippen LogP contribution in [0.3, 0.4) is 0 Å². The molecule has 2 amide bonds. The highest BCUT2D eigenvalue weighted by Crippen LogP contribution is 2.18. The lowest BCUT2D eigenvalue weighted by atomic mass is 10.2. The summed E-state index contributed by atoms with van der Waals surface area (Å²) in [7, 11) is 1.59. The monoisotopic (exact) mass is 247 g/mol. The molecule has 0 spiro atoms. The van der Waals surface area contributed by atoms with E-state index < -0.39 is 5.91 Å². The minimum absolute atomic E-state index is 0.107. The fraction of sp³-hybridized carbons (Fsp3) is 0.231. The Morgan fingerprint density at radius 3 is 2.61 bits per heavy atom. The summed E-state index contributed by atoms with van der Waals surface area (Å²) in [5, 5.41) is 2.16. The number of hydrogen-bond acceptors (Lipinski definition) is 4. The summed E-state index contributed by atoms with van der Waals surface area (Å²) in [4.78, 5) is 22.2. The molecule has 0 saturated heterocycles. The van der Waals surface area contributed by atoms with Crippen LogP contribution >= 0.6 is 0 Å². The largest absolute Gasteiger partial charge is 0.496 e. The normalized spacial score (nSPS) is 14.4. The molecule has 1 aliphatic rings. The van der Waals surface area contributed by atoms with Crippen molar-refractivity contribution in [3.8, 4) is 5.75 Å². The minimum Gasteiger partial charge on any atom is -0.496 e. The van der Waals surface area contributed by atoms with Gasteiger partial charge in [0.25, 0.3) is 11.8 Å². The maximum Gasteiger partial charge on any atom is 0.256 e. The lowest BCUT2D eigenvalue weighted by Gasteiger charge is -2.08. The molecule has 0 aromatic heterocycles. The summed E-state index contributed by atoms with van der Waals surface area (Å²) in [5.74, 6) is -0.0469. The van der Waals surface area contributed by atoms with Gasteiger partial charge in [0.05, 0.1) is 20.3 Å². The average Bonchev–Trinajstić information content (AvgIpc) is 2.68. The van der Waals surface area contributed by atoms with Gasteiger partial charge in [0, 0.05) is 17.2 Å². The maximum absolute atomic E-state index is 11.2. The minimum atomic E-state index is -0.393. The number of hydrogen-bond donors (Lipinski definition) is 1. The van der Waals surface area contributed by atoms with Gasteiger partial charge in [0.15, 0.2) is 0 Å². The highest BCUT2D eigenvalue weighted by Gasteiger charge is 2.20. The predicted octanol–water partition coefficient (Wildman–Crippen LogP) is 0.795. The molecule has 1 aromatic carbocycles. The third-order valence-electron chi connectivity index (χ3n) is 2.54. The Kier molecular flexibility index (Phi) is 3.74. The molecule has 5 nitrogen and oxygen atoms in total. The standard InChI is InChI=1S/C13H13NO4/c1-17-11-5-3-2-4-9(11)7-18-8-10-6-12(15)14-13(10)16/h2-6H,7-8H2,1H3,(H,14,15,16). The van der Waals surface area contributed by atoms with Gasteiger partial charge in [-0.3, -0.25) is 14.9 Å². The zero-order chi connectivity index (χ0) is 13.0. The van der Waals surface area contributed by atoms with Gasteiger partial charge in [-0.2, -0.15) is 0 Å². The fourth-order valence-electron chi connectivity index (χ4n) is 1.65. The van der Waals surface area contributed by atoms with Crippen LogP contribution in [0.1, 0.15) is 5.56 Å². The van der Waals surface area contributed by atoms with E-state index in [4.69, 9.17) is 9.47 Å². The zero-order valence-electron chi connectivity index (χ0n) is 9.93. The van der Waals surface area contributed by atoms with Gasteiger partial charge in [-0.25, -0.2) is 0 Å². The molecule has 1 heterocycles. The number of carbonyl (C=O) groups is 2. The Bertz CT molecular complexity index is 507. The molecule has 18 heavy (non-hydrogen) atoms. The summed E-state index contributed by atoms with van der Waals surface area (Å²) < 4.78 is 10.6. The summed E-state index contributed by atoms with van der Waals surface area (Å²) in [6.07, 6.45) is 1.25. The Balaban J connectivity index is 1.91. The Hall–Kier alpha value is -2.14. The molecule has 0 radical (unpaired) electrons. The van der Waals surface area contributed by atoms with Gasteiger partial charge < -0.3 is 9.47 Å². The van der Waals surface area contributed by atoms with Crippen LogP contribution in [0.15, 0.2) is 35.9 Å². The molecule has 0 bridgehead atoms. The predicted molar refractivity (Wildman–Crippen MR) is 63.9 cm³/mol. The third kappa shape index (κ3) is 2.75. The smallest absolute Gasteiger partial charge is 0.256 e. The first-order valence-corrected chi connectivity index (χ1v) is 5.46. The lowest BCUT2D eigenvalue weighted by molar-refractivity contribution is -0.124. The number of imide groups is 1. The van der Waals surface area contributed by atoms with Crippen LogP contribution in [0.25, 0.3) is 0 Å². The molecule has 94 valence electrons. The molecular weight excluding hydrogens is 234 g/mol. The summed E-state index contributed by atoms with van der Waals surface area (Å²) in [6.45, 7) is 0.429. The van der Waals surface area contributed by atoms with Crippen molar-refractivity contribution >= 4 is 11.8 Å². The number of carbonyl (C=O) groups excluding carboxylic acids is 2. The van der Waals surface area contributed by atoms with E-state index >= 15 is 0 Å². The first-order valence-electron chi connectivity index (χ1n) is 5.46. The summed E-state index contributed by atoms with van der Waals surface area (Å²) in [5.41, 5.74) is 1.24. The van der Waals surface area contributed by atoms with Crippen LogP contribution in [-0.4, -0.2) is 25.5 Å². The number of rotatable bonds is 5. The van der Waals surface area contributed by atoms with Crippen molar-refractivity contribution in [1.29, 1.82) is 0 Å². The number of para-hydroxylation sites is 1. The van der Waals surface area contributed by atoms with Crippen molar-refractivity contribution < 1.29 is 19.1 Å². The highest BCUT2D eigenvalue weighted by atomic mass is 16.5. The van der Waals surface area contributed by atoms with Crippen LogP contribution in [0.4, 0.5) is 0 Å². The first-order chi connectivity index (χ1) is 8.70. The van der Waals surface area contributed by atoms with E-state index in [9.17, 15) is 9.59 Å². The molecule has 1 N–H and O–H groups in total. The molecule has 5 heteroatoms. The highest BCUT2D eigenvalue weighted by molar-refractivity contribution is 6.16. The van der Waals surface area contributed by atoms with E-state index in [0.29, 0.717) is 12.2 Å². The van der Waals surface area contributed by atoms with Crippen molar-refractivity contribution in [3.63, 3.8) is 0 Å². The van der Waals surface area contributed by atoms with Crippen molar-refractivity contribution in [2.24, 2.45) is 0 Å². The van der Waals surface area contributed by atoms with Crippen molar-refractivity contribution in [2.45, 2.75) is 6.61 Å². The number of amides is 2. The van der Waals surface area contributed by atoms with E-state index in [0.717, 1.165) is 11.3 Å². The molecule has 0 saturated carbocycles. The summed E-state index contributed by atoms with van der Waals surface area (Å²) >= 11 is 0. The number of methoxy groups -OCH3 is 1. The second kappa shape index (κ2) is 5.46. The summed E-state index contributed by atoms with van der Waals surface area (Å²) in [6, 6.07) is 7.47. The van der Waals surface area contributed by atoms with Crippen molar-refractivity contribution in [2.75, 3.05) is 13.7 Å². The van der Waals surface area contributed by atoms with E-state index in [1.807, 2.05) is 24.3 Å². The molecule has 0 fully saturated rings. The molecule has 2 rings (SSSR count). The van der Waals surface area contributed by atoms with Gasteiger partial charge in [0.1, 0.15) is 5.75 Å². The van der Waals surface area contributed by atoms with Gasteiger partial charge in [-0.1, -0.05) is 18.2 Å². The zero-order valence-corrected chi connectivity index (χ0v) is 9.93.